The molecule has 0 atom stereocenters. The van der Waals surface area contributed by atoms with Crippen LogP contribution >= 0.6 is 12.1 Å². The summed E-state index contributed by atoms with van der Waals surface area (Å²) < 4.78 is 83.6. The lowest BCUT2D eigenvalue weighted by atomic mass is 10.1. The highest BCUT2D eigenvalue weighted by Gasteiger charge is 2.19. The Kier molecular flexibility index (Phi) is 16.3. The van der Waals surface area contributed by atoms with E-state index in [9.17, 15) is 39.4 Å². The molecule has 22 nitrogen and oxygen atoms in total. The molecule has 26 heteroatoms. The molecule has 0 aliphatic heterocycles. The van der Waals surface area contributed by atoms with Crippen LogP contribution in [0.15, 0.2) is 107 Å². The van der Waals surface area contributed by atoms with Crippen LogP contribution in [0.4, 0.5) is 62.3 Å². The molecule has 0 unspecified atom stereocenters. The zero-order valence-corrected chi connectivity index (χ0v) is 36.7. The molecule has 4 aromatic carbocycles. The van der Waals surface area contributed by atoms with Crippen LogP contribution in [0.3, 0.4) is 0 Å². The second-order valence-corrected chi connectivity index (χ2v) is 17.0. The molecule has 66 heavy (non-hydrogen) atoms. The number of hydrogen-bond acceptors (Lipinski definition) is 19. The SMILES string of the molecule is O=C(O)CCNc1nc(Nc2ccccc2)nc(Nc2ccc(/C=C/c3ccc(Nc4nc(NCCC(=O)NCCSF)nc(Nc5ccccc5)n4)cc3S(=O)(=O)O)c(S(=O)(=O)O)c2)n1. The first kappa shape index (κ1) is 47.9. The molecule has 0 saturated carbocycles. The number of aliphatic carboxylic acids is 1. The van der Waals surface area contributed by atoms with Gasteiger partial charge in [0, 0.05) is 66.7 Å². The maximum absolute atomic E-state index is 12.7. The number of rotatable bonds is 23. The van der Waals surface area contributed by atoms with Crippen molar-refractivity contribution >= 4 is 115 Å². The van der Waals surface area contributed by atoms with Gasteiger partial charge in [0.1, 0.15) is 9.79 Å². The first-order chi connectivity index (χ1) is 31.6. The minimum atomic E-state index is -4.92. The van der Waals surface area contributed by atoms with E-state index in [4.69, 9.17) is 5.11 Å². The number of carbonyl (C=O) groups is 2. The lowest BCUT2D eigenvalue weighted by Crippen LogP contribution is -2.27. The number of anilines is 10. The molecule has 0 aliphatic rings. The van der Waals surface area contributed by atoms with Gasteiger partial charge in [0.15, 0.2) is 0 Å². The molecule has 6 aromatic rings. The number of nitrogens with zero attached hydrogens (tertiary/aromatic N) is 6. The molecule has 0 saturated heterocycles. The van der Waals surface area contributed by atoms with Crippen molar-refractivity contribution in [3.8, 4) is 0 Å². The molecule has 1 amide bonds. The number of amides is 1. The quantitative estimate of drug-likeness (QED) is 0.0196. The third kappa shape index (κ3) is 14.8. The second-order valence-electron chi connectivity index (χ2n) is 13.5. The molecule has 0 bridgehead atoms. The third-order valence-electron chi connectivity index (χ3n) is 8.63. The number of nitrogens with one attached hydrogen (secondary N) is 7. The average molecular weight is 962 g/mol. The van der Waals surface area contributed by atoms with Gasteiger partial charge in [-0.05, 0) is 59.7 Å². The van der Waals surface area contributed by atoms with Crippen molar-refractivity contribution < 1.29 is 44.5 Å². The summed E-state index contributed by atoms with van der Waals surface area (Å²) in [6, 6.07) is 25.5. The molecule has 0 spiro atoms. The number of hydrogen-bond donors (Lipinski definition) is 10. The predicted molar refractivity (Wildman–Crippen MR) is 248 cm³/mol. The Morgan fingerprint density at radius 1 is 0.545 bits per heavy atom. The number of halogens is 1. The van der Waals surface area contributed by atoms with Gasteiger partial charge < -0.3 is 42.3 Å². The molecule has 0 aliphatic carbocycles. The van der Waals surface area contributed by atoms with Crippen molar-refractivity contribution in [2.45, 2.75) is 22.6 Å². The molecule has 0 radical (unpaired) electrons. The summed E-state index contributed by atoms with van der Waals surface area (Å²) in [5.41, 5.74) is 1.29. The topological polar surface area (TPSA) is 325 Å². The Morgan fingerprint density at radius 3 is 1.33 bits per heavy atom. The van der Waals surface area contributed by atoms with Gasteiger partial charge in [0.05, 0.1) is 6.42 Å². The molecule has 6 rings (SSSR count). The van der Waals surface area contributed by atoms with Gasteiger partial charge >= 0.3 is 5.97 Å². The summed E-state index contributed by atoms with van der Waals surface area (Å²) >= 11 is 0.108. The number of benzene rings is 4. The summed E-state index contributed by atoms with van der Waals surface area (Å²) in [4.78, 5) is 47.9. The number of carbonyl (C=O) groups excluding carboxylic acids is 1. The number of aromatic nitrogens is 6. The summed E-state index contributed by atoms with van der Waals surface area (Å²) in [7, 11) is -9.84. The van der Waals surface area contributed by atoms with Crippen molar-refractivity contribution in [2.75, 3.05) is 57.3 Å². The maximum atomic E-state index is 12.7. The molecule has 344 valence electrons. The van der Waals surface area contributed by atoms with Crippen LogP contribution in [-0.4, -0.2) is 98.2 Å². The Labute approximate surface area is 381 Å². The van der Waals surface area contributed by atoms with E-state index in [0.29, 0.717) is 11.4 Å². The fraction of sp³-hybridized carbons (Fsp3) is 0.150. The first-order valence-electron chi connectivity index (χ1n) is 19.4. The van der Waals surface area contributed by atoms with Crippen LogP contribution in [0.25, 0.3) is 12.2 Å². The van der Waals surface area contributed by atoms with Gasteiger partial charge in [-0.1, -0.05) is 60.7 Å². The minimum Gasteiger partial charge on any atom is -0.481 e. The van der Waals surface area contributed by atoms with E-state index in [1.54, 1.807) is 48.5 Å². The zero-order chi connectivity index (χ0) is 47.1. The normalized spacial score (nSPS) is 11.4. The van der Waals surface area contributed by atoms with E-state index in [-0.39, 0.29) is 114 Å². The van der Waals surface area contributed by atoms with Crippen LogP contribution in [0.2, 0.25) is 0 Å². The average Bonchev–Trinajstić information content (AvgIpc) is 3.26. The summed E-state index contributed by atoms with van der Waals surface area (Å²) in [5, 5.41) is 29.1. The Morgan fingerprint density at radius 2 is 0.939 bits per heavy atom. The first-order valence-corrected chi connectivity index (χ1v) is 23.2. The Balaban J connectivity index is 1.24. The van der Waals surface area contributed by atoms with Gasteiger partial charge in [-0.2, -0.15) is 50.6 Å². The van der Waals surface area contributed by atoms with E-state index in [1.165, 1.54) is 36.4 Å². The highest BCUT2D eigenvalue weighted by Crippen LogP contribution is 2.29. The largest absolute Gasteiger partial charge is 0.481 e. The van der Waals surface area contributed by atoms with Crippen LogP contribution in [0.5, 0.6) is 0 Å². The highest BCUT2D eigenvalue weighted by atomic mass is 32.2. The molecule has 2 heterocycles. The highest BCUT2D eigenvalue weighted by molar-refractivity contribution is 7.94. The van der Waals surface area contributed by atoms with Gasteiger partial charge in [-0.15, -0.1) is 0 Å². The van der Waals surface area contributed by atoms with Crippen molar-refractivity contribution in [1.29, 1.82) is 0 Å². The second kappa shape index (κ2) is 22.4. The van der Waals surface area contributed by atoms with Gasteiger partial charge in [-0.25, -0.2) is 0 Å². The lowest BCUT2D eigenvalue weighted by Gasteiger charge is -2.13. The molecule has 0 fully saturated rings. The standard InChI is InChI=1S/C40H40FN13O9S3/c41-64-22-21-42-33(55)17-19-43-35-49-37(45-27-7-3-1-4-8-27)53-39(51-35)47-29-15-13-25(31(23-29)65(58,59)60)11-12-26-14-16-30(24-32(26)66(61,62)63)48-40-52-36(44-20-18-34(56)57)50-38(54-40)46-28-9-5-2-6-10-28/h1-16,23-24H,17-22H2,(H,42,55)(H,56,57)(H,58,59,60)(H,61,62,63)(H3,43,45,47,49,51,53)(H3,44,46,48,50,52,54)/b12-11+. The molecule has 10 N–H and O–H groups in total. The van der Waals surface area contributed by atoms with Gasteiger partial charge in [-0.3, -0.25) is 18.7 Å². The van der Waals surface area contributed by atoms with Crippen LogP contribution < -0.4 is 37.2 Å². The van der Waals surface area contributed by atoms with Gasteiger partial charge in [0.2, 0.25) is 41.6 Å². The lowest BCUT2D eigenvalue weighted by molar-refractivity contribution is -0.136. The number of carboxylic acids is 1. The maximum Gasteiger partial charge on any atom is 0.305 e. The minimum absolute atomic E-state index is 0.00134. The summed E-state index contributed by atoms with van der Waals surface area (Å²) in [5.74, 6) is -1.26. The zero-order valence-electron chi connectivity index (χ0n) is 34.2. The van der Waals surface area contributed by atoms with Crippen LogP contribution in [0.1, 0.15) is 24.0 Å². The number of carboxylic acid groups (broad SMARTS) is 1. The number of para-hydroxylation sites is 2. The molecular formula is C40H40FN13O9S3. The third-order valence-corrected chi connectivity index (χ3v) is 10.8. The molecular weight excluding hydrogens is 922 g/mol. The van der Waals surface area contributed by atoms with Crippen molar-refractivity contribution in [3.05, 3.63) is 108 Å². The monoisotopic (exact) mass is 961 g/mol. The van der Waals surface area contributed by atoms with Gasteiger partial charge in [0.25, 0.3) is 20.2 Å². The van der Waals surface area contributed by atoms with Crippen LogP contribution in [0, 0.1) is 0 Å². The van der Waals surface area contributed by atoms with E-state index in [1.807, 2.05) is 12.1 Å². The van der Waals surface area contributed by atoms with E-state index >= 15 is 0 Å². The van der Waals surface area contributed by atoms with Crippen molar-refractivity contribution in [3.63, 3.8) is 0 Å². The van der Waals surface area contributed by atoms with E-state index in [2.05, 4.69) is 67.1 Å². The van der Waals surface area contributed by atoms with Crippen LogP contribution in [-0.2, 0) is 29.8 Å². The Hall–Kier alpha value is -7.52. The smallest absolute Gasteiger partial charge is 0.305 e. The molecule has 2 aromatic heterocycles. The summed E-state index contributed by atoms with van der Waals surface area (Å²) in [6.07, 6.45) is 2.20. The van der Waals surface area contributed by atoms with Crippen molar-refractivity contribution in [1.82, 2.24) is 35.2 Å². The van der Waals surface area contributed by atoms with E-state index in [0.717, 1.165) is 12.1 Å². The summed E-state index contributed by atoms with van der Waals surface area (Å²) in [6.45, 7) is 0.232. The fourth-order valence-electron chi connectivity index (χ4n) is 5.71. The van der Waals surface area contributed by atoms with E-state index < -0.39 is 36.0 Å². The van der Waals surface area contributed by atoms with Crippen molar-refractivity contribution in [2.24, 2.45) is 0 Å². The Bertz CT molecular complexity index is 2920. The predicted octanol–water partition coefficient (Wildman–Crippen LogP) is 6.12. The fourth-order valence-corrected chi connectivity index (χ4v) is 7.30.